The van der Waals surface area contributed by atoms with Gasteiger partial charge in [-0.3, -0.25) is 9.59 Å². The summed E-state index contributed by atoms with van der Waals surface area (Å²) in [5.74, 6) is -25.5. The minimum absolute atomic E-state index is 0.452. The van der Waals surface area contributed by atoms with Crippen molar-refractivity contribution in [1.82, 2.24) is 0 Å². The highest BCUT2D eigenvalue weighted by Crippen LogP contribution is 2.53. The van der Waals surface area contributed by atoms with Gasteiger partial charge in [-0.1, -0.05) is 0 Å². The van der Waals surface area contributed by atoms with Crippen LogP contribution in [0.15, 0.2) is 0 Å². The fraction of sp³-hybridized carbons (Fsp3) is 0.778. The summed E-state index contributed by atoms with van der Waals surface area (Å²) < 4.78 is 115. The monoisotopic (exact) mass is 334 g/mol. The van der Waals surface area contributed by atoms with Crippen molar-refractivity contribution >= 4 is 11.8 Å². The Balaban J connectivity index is 5.48. The number of rotatable bonds is 6. The van der Waals surface area contributed by atoms with Crippen molar-refractivity contribution in [3.05, 3.63) is 0 Å². The highest BCUT2D eigenvalue weighted by molar-refractivity contribution is 6.00. The molecular weight excluding hydrogens is 327 g/mol. The minimum Gasteiger partial charge on any atom is -0.466 e. The van der Waals surface area contributed by atoms with Gasteiger partial charge in [0.1, 0.15) is 6.42 Å². The summed E-state index contributed by atoms with van der Waals surface area (Å²) >= 11 is 0. The molecule has 0 saturated carbocycles. The quantitative estimate of drug-likeness (QED) is 0.426. The van der Waals surface area contributed by atoms with Gasteiger partial charge in [0.25, 0.3) is 0 Å². The van der Waals surface area contributed by atoms with Crippen LogP contribution in [0, 0.1) is 0 Å². The first-order chi connectivity index (χ1) is 9.13. The van der Waals surface area contributed by atoms with Gasteiger partial charge in [-0.05, 0) is 6.92 Å². The third-order valence-electron chi connectivity index (χ3n) is 2.11. The van der Waals surface area contributed by atoms with Gasteiger partial charge in [0.15, 0.2) is 0 Å². The number of alkyl halides is 9. The Bertz CT molecular complexity index is 413. The lowest BCUT2D eigenvalue weighted by atomic mass is 9.98. The molecular formula is C9H7F9O3. The molecule has 0 aromatic rings. The number of halogens is 9. The third kappa shape index (κ3) is 3.40. The van der Waals surface area contributed by atoms with E-state index in [0.717, 1.165) is 6.92 Å². The first-order valence-corrected chi connectivity index (χ1v) is 5.02. The molecule has 0 aromatic heterocycles. The van der Waals surface area contributed by atoms with Crippen molar-refractivity contribution in [2.24, 2.45) is 0 Å². The van der Waals surface area contributed by atoms with Gasteiger partial charge < -0.3 is 4.74 Å². The van der Waals surface area contributed by atoms with E-state index in [4.69, 9.17) is 0 Å². The number of Topliss-reactive ketones (excluding diaryl/α,β-unsaturated/α-hetero) is 1. The van der Waals surface area contributed by atoms with Crippen molar-refractivity contribution in [1.29, 1.82) is 0 Å². The average Bonchev–Trinajstić information content (AvgIpc) is 2.26. The van der Waals surface area contributed by atoms with Crippen molar-refractivity contribution in [2.45, 2.75) is 37.3 Å². The summed E-state index contributed by atoms with van der Waals surface area (Å²) in [5, 5.41) is 0. The number of ether oxygens (including phenoxy) is 1. The van der Waals surface area contributed by atoms with Crippen LogP contribution in [0.3, 0.4) is 0 Å². The molecule has 0 aliphatic heterocycles. The van der Waals surface area contributed by atoms with E-state index in [2.05, 4.69) is 4.74 Å². The Morgan fingerprint density at radius 3 is 1.62 bits per heavy atom. The molecule has 0 saturated heterocycles. The molecule has 0 radical (unpaired) electrons. The normalized spacial score (nSPS) is 14.0. The standard InChI is InChI=1S/C9H7F9O3/c1-2-21-5(20)3-4(19)6(10,11)7(12,13)8(14,15)9(16,17)18/h2-3H2,1H3. The van der Waals surface area contributed by atoms with Gasteiger partial charge in [0.2, 0.25) is 5.78 Å². The van der Waals surface area contributed by atoms with Crippen LogP contribution in [0.2, 0.25) is 0 Å². The van der Waals surface area contributed by atoms with E-state index < -0.39 is 48.7 Å². The molecule has 21 heavy (non-hydrogen) atoms. The predicted octanol–water partition coefficient (Wildman–Crippen LogP) is 2.98. The Hall–Kier alpha value is -1.49. The molecule has 0 aliphatic rings. The zero-order chi connectivity index (χ0) is 17.3. The van der Waals surface area contributed by atoms with E-state index >= 15 is 0 Å². The van der Waals surface area contributed by atoms with Gasteiger partial charge in [0.05, 0.1) is 6.61 Å². The van der Waals surface area contributed by atoms with Gasteiger partial charge in [-0.25, -0.2) is 0 Å². The van der Waals surface area contributed by atoms with E-state index in [1.54, 1.807) is 0 Å². The number of carbonyl (C=O) groups excluding carboxylic acids is 2. The maximum absolute atomic E-state index is 12.9. The third-order valence-corrected chi connectivity index (χ3v) is 2.11. The summed E-state index contributed by atoms with van der Waals surface area (Å²) in [4.78, 5) is 21.4. The van der Waals surface area contributed by atoms with Crippen molar-refractivity contribution in [2.75, 3.05) is 6.61 Å². The molecule has 0 aliphatic carbocycles. The Morgan fingerprint density at radius 2 is 1.29 bits per heavy atom. The second-order valence-electron chi connectivity index (χ2n) is 3.63. The van der Waals surface area contributed by atoms with E-state index in [-0.39, 0.29) is 0 Å². The molecule has 0 heterocycles. The Labute approximate surface area is 111 Å². The first-order valence-electron chi connectivity index (χ1n) is 5.02. The van der Waals surface area contributed by atoms with Crippen molar-refractivity contribution in [3.8, 4) is 0 Å². The summed E-state index contributed by atoms with van der Waals surface area (Å²) in [7, 11) is 0. The van der Waals surface area contributed by atoms with Gasteiger partial charge in [-0.2, -0.15) is 39.5 Å². The largest absolute Gasteiger partial charge is 0.466 e. The average molecular weight is 334 g/mol. The highest BCUT2D eigenvalue weighted by Gasteiger charge is 2.83. The lowest BCUT2D eigenvalue weighted by molar-refractivity contribution is -0.388. The smallest absolute Gasteiger partial charge is 0.460 e. The van der Waals surface area contributed by atoms with E-state index in [1.807, 2.05) is 0 Å². The van der Waals surface area contributed by atoms with Crippen LogP contribution >= 0.6 is 0 Å². The number of hydrogen-bond acceptors (Lipinski definition) is 3. The fourth-order valence-corrected chi connectivity index (χ4v) is 1.00. The zero-order valence-corrected chi connectivity index (χ0v) is 10.0. The van der Waals surface area contributed by atoms with Gasteiger partial charge in [0, 0.05) is 0 Å². The molecule has 0 atom stereocenters. The molecule has 0 amide bonds. The van der Waals surface area contributed by atoms with Crippen LogP contribution in [0.4, 0.5) is 39.5 Å². The molecule has 0 N–H and O–H groups in total. The topological polar surface area (TPSA) is 43.4 Å². The molecule has 3 nitrogen and oxygen atoms in total. The molecule has 124 valence electrons. The van der Waals surface area contributed by atoms with E-state index in [1.165, 1.54) is 0 Å². The highest BCUT2D eigenvalue weighted by atomic mass is 19.4. The lowest BCUT2D eigenvalue weighted by Crippen LogP contribution is -2.63. The zero-order valence-electron chi connectivity index (χ0n) is 10.0. The predicted molar refractivity (Wildman–Crippen MR) is 47.2 cm³/mol. The van der Waals surface area contributed by atoms with E-state index in [0.29, 0.717) is 0 Å². The number of carbonyl (C=O) groups is 2. The van der Waals surface area contributed by atoms with Crippen molar-refractivity contribution < 1.29 is 53.8 Å². The lowest BCUT2D eigenvalue weighted by Gasteiger charge is -2.32. The van der Waals surface area contributed by atoms with Crippen molar-refractivity contribution in [3.63, 3.8) is 0 Å². The summed E-state index contributed by atoms with van der Waals surface area (Å²) in [5.41, 5.74) is 0. The number of hydrogen-bond donors (Lipinski definition) is 0. The molecule has 0 unspecified atom stereocenters. The second kappa shape index (κ2) is 5.72. The van der Waals surface area contributed by atoms with E-state index in [9.17, 15) is 49.1 Å². The fourth-order valence-electron chi connectivity index (χ4n) is 1.00. The molecule has 0 rings (SSSR count). The summed E-state index contributed by atoms with van der Waals surface area (Å²) in [6.07, 6.45) is -9.10. The Morgan fingerprint density at radius 1 is 0.857 bits per heavy atom. The summed E-state index contributed by atoms with van der Waals surface area (Å²) in [6, 6.07) is 0. The van der Waals surface area contributed by atoms with Crippen LogP contribution in [0.5, 0.6) is 0 Å². The number of ketones is 1. The SMILES string of the molecule is CCOC(=O)CC(=O)C(F)(F)C(F)(F)C(F)(F)C(F)(F)F. The molecule has 0 spiro atoms. The Kier molecular flexibility index (Phi) is 5.31. The molecule has 0 fully saturated rings. The number of esters is 1. The maximum atomic E-state index is 12.9. The van der Waals surface area contributed by atoms with Gasteiger partial charge in [-0.15, -0.1) is 0 Å². The van der Waals surface area contributed by atoms with Crippen LogP contribution < -0.4 is 0 Å². The van der Waals surface area contributed by atoms with Gasteiger partial charge >= 0.3 is 29.9 Å². The summed E-state index contributed by atoms with van der Waals surface area (Å²) in [6.45, 7) is 0.694. The van der Waals surface area contributed by atoms with Crippen LogP contribution in [0.1, 0.15) is 13.3 Å². The minimum atomic E-state index is -7.17. The molecule has 12 heteroatoms. The second-order valence-corrected chi connectivity index (χ2v) is 3.63. The van der Waals surface area contributed by atoms with Crippen LogP contribution in [-0.4, -0.2) is 42.3 Å². The van der Waals surface area contributed by atoms with Crippen LogP contribution in [0.25, 0.3) is 0 Å². The first kappa shape index (κ1) is 19.5. The maximum Gasteiger partial charge on any atom is 0.460 e. The van der Waals surface area contributed by atoms with Crippen LogP contribution in [-0.2, 0) is 14.3 Å². The molecule has 0 aromatic carbocycles. The molecule has 0 bridgehead atoms.